The van der Waals surface area contributed by atoms with Crippen molar-refractivity contribution in [2.24, 2.45) is 0 Å². The van der Waals surface area contributed by atoms with E-state index in [1.807, 2.05) is 60.7 Å². The van der Waals surface area contributed by atoms with Crippen molar-refractivity contribution in [3.8, 4) is 17.2 Å². The predicted molar refractivity (Wildman–Crippen MR) is 123 cm³/mol. The lowest BCUT2D eigenvalue weighted by Crippen LogP contribution is -2.45. The van der Waals surface area contributed by atoms with Gasteiger partial charge < -0.3 is 24.8 Å². The molecule has 3 aromatic rings. The van der Waals surface area contributed by atoms with Crippen LogP contribution < -0.4 is 20.1 Å². The SMILES string of the molecule is COc1ccc(COC(=O)C2=C(C)NC(=O)N[C@H]2c2cccc(Oc3ccccc3)c2)cc1. The number of nitrogens with one attached hydrogen (secondary N) is 2. The first kappa shape index (κ1) is 22.0. The Bertz CT molecular complexity index is 1170. The van der Waals surface area contributed by atoms with Crippen molar-refractivity contribution < 1.29 is 23.8 Å². The molecule has 168 valence electrons. The first-order chi connectivity index (χ1) is 16.0. The van der Waals surface area contributed by atoms with Crippen LogP contribution in [0.2, 0.25) is 0 Å². The molecule has 0 aliphatic carbocycles. The van der Waals surface area contributed by atoms with Crippen LogP contribution in [0.4, 0.5) is 4.79 Å². The van der Waals surface area contributed by atoms with E-state index in [1.54, 1.807) is 32.2 Å². The number of esters is 1. The number of hydrogen-bond acceptors (Lipinski definition) is 5. The van der Waals surface area contributed by atoms with E-state index in [4.69, 9.17) is 14.2 Å². The molecule has 3 aromatic carbocycles. The van der Waals surface area contributed by atoms with E-state index in [0.717, 1.165) is 11.3 Å². The lowest BCUT2D eigenvalue weighted by molar-refractivity contribution is -0.140. The van der Waals surface area contributed by atoms with E-state index in [0.29, 0.717) is 28.3 Å². The molecule has 0 unspecified atom stereocenters. The Morgan fingerprint density at radius 1 is 0.909 bits per heavy atom. The van der Waals surface area contributed by atoms with Gasteiger partial charge in [-0.2, -0.15) is 0 Å². The highest BCUT2D eigenvalue weighted by Gasteiger charge is 2.32. The summed E-state index contributed by atoms with van der Waals surface area (Å²) >= 11 is 0. The van der Waals surface area contributed by atoms with Crippen molar-refractivity contribution in [3.05, 3.63) is 101 Å². The molecule has 33 heavy (non-hydrogen) atoms. The van der Waals surface area contributed by atoms with Crippen molar-refractivity contribution in [1.29, 1.82) is 0 Å². The zero-order chi connectivity index (χ0) is 23.2. The fraction of sp³-hybridized carbons (Fsp3) is 0.154. The van der Waals surface area contributed by atoms with Gasteiger partial charge in [-0.25, -0.2) is 9.59 Å². The van der Waals surface area contributed by atoms with Crippen molar-refractivity contribution in [3.63, 3.8) is 0 Å². The van der Waals surface area contributed by atoms with Gasteiger partial charge in [-0.3, -0.25) is 0 Å². The molecule has 7 nitrogen and oxygen atoms in total. The molecule has 0 fully saturated rings. The summed E-state index contributed by atoms with van der Waals surface area (Å²) in [5.41, 5.74) is 2.30. The number of hydrogen-bond donors (Lipinski definition) is 2. The normalized spacial score (nSPS) is 15.3. The molecular weight excluding hydrogens is 420 g/mol. The Kier molecular flexibility index (Phi) is 6.59. The average Bonchev–Trinajstić information content (AvgIpc) is 2.83. The number of ether oxygens (including phenoxy) is 3. The molecule has 0 spiro atoms. The number of allylic oxidation sites excluding steroid dienone is 1. The molecule has 7 heteroatoms. The lowest BCUT2D eigenvalue weighted by Gasteiger charge is -2.28. The highest BCUT2D eigenvalue weighted by molar-refractivity contribution is 5.95. The van der Waals surface area contributed by atoms with E-state index in [2.05, 4.69) is 10.6 Å². The molecule has 1 heterocycles. The van der Waals surface area contributed by atoms with Crippen LogP contribution in [0.1, 0.15) is 24.1 Å². The van der Waals surface area contributed by atoms with Gasteiger partial charge in [-0.1, -0.05) is 42.5 Å². The van der Waals surface area contributed by atoms with Gasteiger partial charge in [0.25, 0.3) is 0 Å². The molecule has 0 saturated carbocycles. The van der Waals surface area contributed by atoms with Gasteiger partial charge >= 0.3 is 12.0 Å². The maximum Gasteiger partial charge on any atom is 0.338 e. The highest BCUT2D eigenvalue weighted by Crippen LogP contribution is 2.31. The zero-order valence-electron chi connectivity index (χ0n) is 18.3. The van der Waals surface area contributed by atoms with Gasteiger partial charge in [-0.05, 0) is 54.4 Å². The molecule has 1 atom stereocenters. The number of amides is 2. The second-order valence-corrected chi connectivity index (χ2v) is 7.48. The Morgan fingerprint density at radius 2 is 1.64 bits per heavy atom. The van der Waals surface area contributed by atoms with Crippen LogP contribution in [0.3, 0.4) is 0 Å². The summed E-state index contributed by atoms with van der Waals surface area (Å²) in [6, 6.07) is 22.8. The second kappa shape index (κ2) is 9.91. The van der Waals surface area contributed by atoms with Gasteiger partial charge in [0.1, 0.15) is 23.9 Å². The van der Waals surface area contributed by atoms with Gasteiger partial charge in [0.15, 0.2) is 0 Å². The Balaban J connectivity index is 1.54. The lowest BCUT2D eigenvalue weighted by atomic mass is 9.95. The maximum absolute atomic E-state index is 13.0. The van der Waals surface area contributed by atoms with E-state index in [9.17, 15) is 9.59 Å². The number of urea groups is 1. The number of rotatable bonds is 7. The van der Waals surface area contributed by atoms with Gasteiger partial charge in [0, 0.05) is 5.70 Å². The van der Waals surface area contributed by atoms with E-state index >= 15 is 0 Å². The first-order valence-corrected chi connectivity index (χ1v) is 10.4. The minimum Gasteiger partial charge on any atom is -0.497 e. The number of para-hydroxylation sites is 1. The molecule has 0 radical (unpaired) electrons. The van der Waals surface area contributed by atoms with Crippen LogP contribution in [0.25, 0.3) is 0 Å². The molecule has 2 amide bonds. The summed E-state index contributed by atoms with van der Waals surface area (Å²) in [7, 11) is 1.59. The van der Waals surface area contributed by atoms with Crippen molar-refractivity contribution in [1.82, 2.24) is 10.6 Å². The summed E-state index contributed by atoms with van der Waals surface area (Å²) in [4.78, 5) is 25.2. The predicted octanol–water partition coefficient (Wildman–Crippen LogP) is 4.86. The summed E-state index contributed by atoms with van der Waals surface area (Å²) in [5, 5.41) is 5.48. The summed E-state index contributed by atoms with van der Waals surface area (Å²) in [5.74, 6) is 1.49. The van der Waals surface area contributed by atoms with Crippen molar-refractivity contribution >= 4 is 12.0 Å². The van der Waals surface area contributed by atoms with Gasteiger partial charge in [-0.15, -0.1) is 0 Å². The fourth-order valence-electron chi connectivity index (χ4n) is 3.55. The third-order valence-corrected chi connectivity index (χ3v) is 5.19. The number of carbonyl (C=O) groups excluding carboxylic acids is 2. The fourth-order valence-corrected chi connectivity index (χ4v) is 3.55. The van der Waals surface area contributed by atoms with Gasteiger partial charge in [0.05, 0.1) is 18.7 Å². The third-order valence-electron chi connectivity index (χ3n) is 5.19. The molecule has 4 rings (SSSR count). The van der Waals surface area contributed by atoms with Crippen LogP contribution >= 0.6 is 0 Å². The molecular formula is C26H24N2O5. The highest BCUT2D eigenvalue weighted by atomic mass is 16.5. The smallest absolute Gasteiger partial charge is 0.338 e. The van der Waals surface area contributed by atoms with Crippen LogP contribution in [-0.2, 0) is 16.1 Å². The Morgan fingerprint density at radius 3 is 2.36 bits per heavy atom. The number of benzene rings is 3. The molecule has 0 aromatic heterocycles. The van der Waals surface area contributed by atoms with Crippen LogP contribution in [-0.4, -0.2) is 19.1 Å². The van der Waals surface area contributed by atoms with Crippen LogP contribution in [0, 0.1) is 0 Å². The minimum atomic E-state index is -0.679. The molecule has 1 aliphatic rings. The van der Waals surface area contributed by atoms with Gasteiger partial charge in [0.2, 0.25) is 0 Å². The van der Waals surface area contributed by atoms with Crippen LogP contribution in [0.5, 0.6) is 17.2 Å². The molecule has 0 saturated heterocycles. The Labute approximate surface area is 192 Å². The molecule has 1 aliphatic heterocycles. The molecule has 0 bridgehead atoms. The second-order valence-electron chi connectivity index (χ2n) is 7.48. The number of carbonyl (C=O) groups is 2. The maximum atomic E-state index is 13.0. The topological polar surface area (TPSA) is 85.9 Å². The first-order valence-electron chi connectivity index (χ1n) is 10.4. The zero-order valence-corrected chi connectivity index (χ0v) is 18.3. The summed E-state index contributed by atoms with van der Waals surface area (Å²) in [6.45, 7) is 1.78. The standard InChI is InChI=1S/C26H24N2O5/c1-17-23(25(29)32-16-18-11-13-20(31-2)14-12-18)24(28-26(30)27-17)19-7-6-10-22(15-19)33-21-8-4-3-5-9-21/h3-15,24H,16H2,1-2H3,(H2,27,28,30)/t24-/m0/s1. The summed E-state index contributed by atoms with van der Waals surface area (Å²) < 4.78 is 16.6. The third kappa shape index (κ3) is 5.33. The van der Waals surface area contributed by atoms with E-state index < -0.39 is 18.0 Å². The monoisotopic (exact) mass is 444 g/mol. The van der Waals surface area contributed by atoms with E-state index in [1.165, 1.54) is 0 Å². The minimum absolute atomic E-state index is 0.0947. The molecule has 2 N–H and O–H groups in total. The quantitative estimate of drug-likeness (QED) is 0.509. The summed E-state index contributed by atoms with van der Waals surface area (Å²) in [6.07, 6.45) is 0. The number of methoxy groups -OCH3 is 1. The largest absolute Gasteiger partial charge is 0.497 e. The van der Waals surface area contributed by atoms with Crippen molar-refractivity contribution in [2.75, 3.05) is 7.11 Å². The average molecular weight is 444 g/mol. The van der Waals surface area contributed by atoms with Crippen LogP contribution in [0.15, 0.2) is 90.1 Å². The van der Waals surface area contributed by atoms with E-state index in [-0.39, 0.29) is 6.61 Å². The Hall–Kier alpha value is -4.26. The van der Waals surface area contributed by atoms with Crippen molar-refractivity contribution in [2.45, 2.75) is 19.6 Å².